The van der Waals surface area contributed by atoms with Crippen LogP contribution in [0.4, 0.5) is 0 Å². The molecule has 1 fully saturated rings. The van der Waals surface area contributed by atoms with Crippen LogP contribution in [0.15, 0.2) is 29.3 Å². The number of halogens is 1. The third-order valence-electron chi connectivity index (χ3n) is 4.82. The number of nitrogens with one attached hydrogen (secondary N) is 2. The van der Waals surface area contributed by atoms with Crippen LogP contribution in [-0.4, -0.2) is 57.8 Å². The van der Waals surface area contributed by atoms with Gasteiger partial charge in [-0.2, -0.15) is 0 Å². The molecule has 7 heteroatoms. The van der Waals surface area contributed by atoms with Crippen LogP contribution in [0.2, 0.25) is 5.02 Å². The van der Waals surface area contributed by atoms with Crippen LogP contribution in [-0.2, 0) is 17.3 Å². The maximum atomic E-state index is 12.2. The molecule has 2 N–H and O–H groups in total. The van der Waals surface area contributed by atoms with Gasteiger partial charge >= 0.3 is 0 Å². The van der Waals surface area contributed by atoms with Gasteiger partial charge in [0.05, 0.1) is 6.54 Å². The Morgan fingerprint density at radius 2 is 1.89 bits per heavy atom. The fourth-order valence-electron chi connectivity index (χ4n) is 3.14. The van der Waals surface area contributed by atoms with Crippen molar-refractivity contribution in [3.8, 4) is 0 Å². The zero-order chi connectivity index (χ0) is 20.6. The fraction of sp³-hybridized carbons (Fsp3) is 0.667. The zero-order valence-electron chi connectivity index (χ0n) is 17.6. The summed E-state index contributed by atoms with van der Waals surface area (Å²) in [6, 6.07) is 8.54. The number of rotatable bonds is 7. The molecule has 0 bridgehead atoms. The van der Waals surface area contributed by atoms with Crippen molar-refractivity contribution in [1.29, 1.82) is 0 Å². The van der Waals surface area contributed by atoms with E-state index in [0.717, 1.165) is 50.0 Å². The number of hydrogen-bond acceptors (Lipinski definition) is 3. The summed E-state index contributed by atoms with van der Waals surface area (Å²) in [4.78, 5) is 7.12. The van der Waals surface area contributed by atoms with E-state index in [1.807, 2.05) is 32.9 Å². The van der Waals surface area contributed by atoms with Crippen molar-refractivity contribution in [2.24, 2.45) is 4.99 Å². The third kappa shape index (κ3) is 8.10. The fourth-order valence-corrected chi connectivity index (χ4v) is 4.14. The summed E-state index contributed by atoms with van der Waals surface area (Å²) in [5.41, 5.74) is 1.30. The molecule has 1 heterocycles. The second-order valence-corrected chi connectivity index (χ2v) is 11.0. The normalized spacial score (nSPS) is 18.1. The van der Waals surface area contributed by atoms with Crippen molar-refractivity contribution in [1.82, 2.24) is 15.5 Å². The van der Waals surface area contributed by atoms with E-state index in [-0.39, 0.29) is 4.75 Å². The molecule has 0 radical (unpaired) electrons. The number of guanidine groups is 1. The highest BCUT2D eigenvalue weighted by molar-refractivity contribution is 7.86. The number of nitrogens with zero attached hydrogens (tertiary/aromatic N) is 2. The molecular weight excluding hydrogens is 392 g/mol. The number of piperidine rings is 1. The molecule has 0 spiro atoms. The SMILES string of the molecule is CCNC(=NCCS(=O)C(C)(C)C)NC1CCN(Cc2ccc(Cl)cc2)CC1. The second-order valence-electron chi connectivity index (χ2n) is 8.24. The van der Waals surface area contributed by atoms with Gasteiger partial charge in [0.1, 0.15) is 0 Å². The summed E-state index contributed by atoms with van der Waals surface area (Å²) in [6.07, 6.45) is 2.18. The summed E-state index contributed by atoms with van der Waals surface area (Å²) in [7, 11) is -0.868. The van der Waals surface area contributed by atoms with Crippen LogP contribution in [0.5, 0.6) is 0 Å². The summed E-state index contributed by atoms with van der Waals surface area (Å²) in [5, 5.41) is 7.65. The van der Waals surface area contributed by atoms with Crippen molar-refractivity contribution in [3.05, 3.63) is 34.9 Å². The summed E-state index contributed by atoms with van der Waals surface area (Å²) < 4.78 is 12.0. The van der Waals surface area contributed by atoms with Gasteiger partial charge in [0.15, 0.2) is 5.96 Å². The van der Waals surface area contributed by atoms with Crippen LogP contribution in [0, 0.1) is 0 Å². The monoisotopic (exact) mass is 426 g/mol. The van der Waals surface area contributed by atoms with Gasteiger partial charge < -0.3 is 10.6 Å². The van der Waals surface area contributed by atoms with Crippen molar-refractivity contribution in [3.63, 3.8) is 0 Å². The smallest absolute Gasteiger partial charge is 0.191 e. The first kappa shape index (κ1) is 23.2. The van der Waals surface area contributed by atoms with Crippen molar-refractivity contribution in [2.45, 2.75) is 57.9 Å². The van der Waals surface area contributed by atoms with E-state index in [1.54, 1.807) is 0 Å². The Morgan fingerprint density at radius 3 is 2.46 bits per heavy atom. The Kier molecular flexibility index (Phi) is 9.25. The van der Waals surface area contributed by atoms with Crippen LogP contribution in [0.1, 0.15) is 46.1 Å². The second kappa shape index (κ2) is 11.2. The Bertz CT molecular complexity index is 649. The molecule has 1 atom stereocenters. The average Bonchev–Trinajstić information content (AvgIpc) is 2.64. The van der Waals surface area contributed by atoms with Crippen LogP contribution >= 0.6 is 11.6 Å². The summed E-state index contributed by atoms with van der Waals surface area (Å²) in [6.45, 7) is 12.6. The first-order valence-electron chi connectivity index (χ1n) is 10.2. The predicted molar refractivity (Wildman–Crippen MR) is 122 cm³/mol. The van der Waals surface area contributed by atoms with Gasteiger partial charge in [-0.3, -0.25) is 14.1 Å². The van der Waals surface area contributed by atoms with Crippen LogP contribution in [0.25, 0.3) is 0 Å². The third-order valence-corrected chi connectivity index (χ3v) is 6.99. The maximum absolute atomic E-state index is 12.2. The Hall–Kier alpha value is -1.11. The highest BCUT2D eigenvalue weighted by Gasteiger charge is 2.21. The number of benzene rings is 1. The lowest BCUT2D eigenvalue weighted by molar-refractivity contribution is 0.198. The molecule has 1 aromatic rings. The molecule has 1 aromatic carbocycles. The van der Waals surface area contributed by atoms with Gasteiger partial charge in [-0.1, -0.05) is 23.7 Å². The molecule has 1 aliphatic heterocycles. The summed E-state index contributed by atoms with van der Waals surface area (Å²) in [5.74, 6) is 1.43. The van der Waals surface area contributed by atoms with Crippen LogP contribution < -0.4 is 10.6 Å². The van der Waals surface area contributed by atoms with E-state index in [2.05, 4.69) is 39.6 Å². The Morgan fingerprint density at radius 1 is 1.25 bits per heavy atom. The molecule has 1 unspecified atom stereocenters. The lowest BCUT2D eigenvalue weighted by Crippen LogP contribution is -2.48. The van der Waals surface area contributed by atoms with Gasteiger partial charge in [-0.15, -0.1) is 0 Å². The summed E-state index contributed by atoms with van der Waals surface area (Å²) >= 11 is 5.97. The Labute approximate surface area is 177 Å². The van der Waals surface area contributed by atoms with E-state index in [1.165, 1.54) is 5.56 Å². The van der Waals surface area contributed by atoms with Crippen LogP contribution in [0.3, 0.4) is 0 Å². The van der Waals surface area contributed by atoms with E-state index in [0.29, 0.717) is 18.3 Å². The van der Waals surface area contributed by atoms with E-state index in [9.17, 15) is 4.21 Å². The number of likely N-dealkylation sites (tertiary alicyclic amines) is 1. The van der Waals surface area contributed by atoms with E-state index >= 15 is 0 Å². The molecule has 5 nitrogen and oxygen atoms in total. The standard InChI is InChI=1S/C21H35ClN4OS/c1-5-23-20(24-12-15-28(27)21(2,3)4)25-19-10-13-26(14-11-19)16-17-6-8-18(22)9-7-17/h6-9,19H,5,10-16H2,1-4H3,(H2,23,24,25). The molecule has 1 aliphatic rings. The maximum Gasteiger partial charge on any atom is 0.191 e. The quantitative estimate of drug-likeness (QED) is 0.518. The first-order chi connectivity index (χ1) is 13.3. The van der Waals surface area contributed by atoms with Gasteiger partial charge in [0.2, 0.25) is 0 Å². The van der Waals surface area contributed by atoms with Crippen molar-refractivity contribution >= 4 is 28.4 Å². The predicted octanol–water partition coefficient (Wildman–Crippen LogP) is 3.41. The minimum absolute atomic E-state index is 0.182. The number of hydrogen-bond donors (Lipinski definition) is 2. The van der Waals surface area contributed by atoms with Gasteiger partial charge in [-0.05, 0) is 58.2 Å². The highest BCUT2D eigenvalue weighted by atomic mass is 35.5. The zero-order valence-corrected chi connectivity index (χ0v) is 19.2. The molecule has 0 aliphatic carbocycles. The molecule has 0 amide bonds. The average molecular weight is 427 g/mol. The van der Waals surface area contributed by atoms with E-state index in [4.69, 9.17) is 11.6 Å². The minimum Gasteiger partial charge on any atom is -0.357 e. The Balaban J connectivity index is 1.78. The van der Waals surface area contributed by atoms with Crippen molar-refractivity contribution < 1.29 is 4.21 Å². The van der Waals surface area contributed by atoms with Gasteiger partial charge in [-0.25, -0.2) is 0 Å². The molecule has 0 aromatic heterocycles. The lowest BCUT2D eigenvalue weighted by Gasteiger charge is -2.33. The van der Waals surface area contributed by atoms with Crippen molar-refractivity contribution in [2.75, 3.05) is 31.9 Å². The molecular formula is C21H35ClN4OS. The van der Waals surface area contributed by atoms with E-state index < -0.39 is 10.8 Å². The molecule has 2 rings (SSSR count). The highest BCUT2D eigenvalue weighted by Crippen LogP contribution is 2.16. The molecule has 0 saturated carbocycles. The molecule has 28 heavy (non-hydrogen) atoms. The molecule has 1 saturated heterocycles. The lowest BCUT2D eigenvalue weighted by atomic mass is 10.0. The first-order valence-corrected chi connectivity index (χ1v) is 11.9. The topological polar surface area (TPSA) is 56.7 Å². The number of aliphatic imine (C=N–C) groups is 1. The minimum atomic E-state index is -0.868. The van der Waals surface area contributed by atoms with Gasteiger partial charge in [0, 0.05) is 58.5 Å². The largest absolute Gasteiger partial charge is 0.357 e. The van der Waals surface area contributed by atoms with Gasteiger partial charge in [0.25, 0.3) is 0 Å². The molecule has 158 valence electrons.